The third-order valence-corrected chi connectivity index (χ3v) is 2.57. The van der Waals surface area contributed by atoms with Gasteiger partial charge < -0.3 is 10.2 Å². The van der Waals surface area contributed by atoms with E-state index in [-0.39, 0.29) is 5.75 Å². The lowest BCUT2D eigenvalue weighted by molar-refractivity contribution is -0.138. The lowest BCUT2D eigenvalue weighted by Crippen LogP contribution is -2.08. The number of carboxylic acids is 1. The van der Waals surface area contributed by atoms with E-state index < -0.39 is 11.9 Å². The van der Waals surface area contributed by atoms with Gasteiger partial charge in [-0.25, -0.2) is 0 Å². The highest BCUT2D eigenvalue weighted by molar-refractivity contribution is 5.76. The Morgan fingerprint density at radius 2 is 1.94 bits per heavy atom. The van der Waals surface area contributed by atoms with Gasteiger partial charge >= 0.3 is 5.97 Å². The Morgan fingerprint density at radius 1 is 1.31 bits per heavy atom. The highest BCUT2D eigenvalue weighted by Gasteiger charge is 2.17. The molecule has 0 aliphatic heterocycles. The first kappa shape index (κ1) is 12.6. The van der Waals surface area contributed by atoms with Crippen LogP contribution in [0.25, 0.3) is 0 Å². The van der Waals surface area contributed by atoms with E-state index in [4.69, 9.17) is 5.11 Å². The van der Waals surface area contributed by atoms with E-state index in [1.165, 1.54) is 0 Å². The van der Waals surface area contributed by atoms with Gasteiger partial charge in [-0.1, -0.05) is 26.0 Å². The van der Waals surface area contributed by atoms with Gasteiger partial charge in [-0.15, -0.1) is 0 Å². The van der Waals surface area contributed by atoms with Crippen LogP contribution in [0.15, 0.2) is 18.2 Å². The zero-order valence-electron chi connectivity index (χ0n) is 9.90. The monoisotopic (exact) mass is 222 g/mol. The second-order valence-corrected chi connectivity index (χ2v) is 4.55. The van der Waals surface area contributed by atoms with Gasteiger partial charge in [-0.05, 0) is 30.9 Å². The standard InChI is InChI=1S/C13H18O3/c1-8(2)6-10-4-5-12(14)11(7-10)9(3)13(15)16/h4-5,7-9,14H,6H2,1-3H3,(H,15,16). The lowest BCUT2D eigenvalue weighted by Gasteiger charge is -2.12. The number of rotatable bonds is 4. The van der Waals surface area contributed by atoms with Crippen molar-refractivity contribution in [2.45, 2.75) is 33.1 Å². The Labute approximate surface area is 95.7 Å². The van der Waals surface area contributed by atoms with Gasteiger partial charge in [0.15, 0.2) is 0 Å². The van der Waals surface area contributed by atoms with Crippen LogP contribution < -0.4 is 0 Å². The molecule has 1 atom stereocenters. The molecule has 1 unspecified atom stereocenters. The van der Waals surface area contributed by atoms with Crippen LogP contribution in [0.5, 0.6) is 5.75 Å². The van der Waals surface area contributed by atoms with Gasteiger partial charge in [0.1, 0.15) is 5.75 Å². The number of carbonyl (C=O) groups is 1. The van der Waals surface area contributed by atoms with Crippen molar-refractivity contribution in [3.05, 3.63) is 29.3 Å². The van der Waals surface area contributed by atoms with Crippen LogP contribution >= 0.6 is 0 Å². The first-order valence-corrected chi connectivity index (χ1v) is 5.46. The number of aromatic hydroxyl groups is 1. The highest BCUT2D eigenvalue weighted by atomic mass is 16.4. The van der Waals surface area contributed by atoms with E-state index in [2.05, 4.69) is 13.8 Å². The normalized spacial score (nSPS) is 12.8. The number of hydrogen-bond acceptors (Lipinski definition) is 2. The molecule has 1 aromatic rings. The summed E-state index contributed by atoms with van der Waals surface area (Å²) in [6, 6.07) is 5.20. The summed E-state index contributed by atoms with van der Waals surface area (Å²) in [7, 11) is 0. The maximum absolute atomic E-state index is 10.9. The summed E-state index contributed by atoms with van der Waals surface area (Å²) in [5, 5.41) is 18.5. The average molecular weight is 222 g/mol. The largest absolute Gasteiger partial charge is 0.508 e. The van der Waals surface area contributed by atoms with Crippen LogP contribution in [0.3, 0.4) is 0 Å². The molecule has 0 aromatic heterocycles. The Morgan fingerprint density at radius 3 is 2.44 bits per heavy atom. The number of carboxylic acid groups (broad SMARTS) is 1. The molecular weight excluding hydrogens is 204 g/mol. The van der Waals surface area contributed by atoms with Crippen LogP contribution in [-0.2, 0) is 11.2 Å². The van der Waals surface area contributed by atoms with Crippen LogP contribution in [0.1, 0.15) is 37.8 Å². The quantitative estimate of drug-likeness (QED) is 0.823. The molecule has 0 radical (unpaired) electrons. The summed E-state index contributed by atoms with van der Waals surface area (Å²) in [5.41, 5.74) is 1.56. The minimum absolute atomic E-state index is 0.0578. The number of benzene rings is 1. The van der Waals surface area contributed by atoms with Gasteiger partial charge in [0.2, 0.25) is 0 Å². The number of hydrogen-bond donors (Lipinski definition) is 2. The molecule has 0 aliphatic carbocycles. The maximum Gasteiger partial charge on any atom is 0.310 e. The van der Waals surface area contributed by atoms with Crippen molar-refractivity contribution in [2.24, 2.45) is 5.92 Å². The number of phenolic OH excluding ortho intramolecular Hbond substituents is 1. The van der Waals surface area contributed by atoms with Gasteiger partial charge in [0.05, 0.1) is 5.92 Å². The summed E-state index contributed by atoms with van der Waals surface area (Å²) in [4.78, 5) is 10.9. The Balaban J connectivity index is 3.03. The molecule has 0 fully saturated rings. The zero-order valence-corrected chi connectivity index (χ0v) is 9.90. The van der Waals surface area contributed by atoms with E-state index in [9.17, 15) is 9.90 Å². The zero-order chi connectivity index (χ0) is 12.3. The van der Waals surface area contributed by atoms with E-state index in [1.54, 1.807) is 19.1 Å². The Hall–Kier alpha value is -1.51. The van der Waals surface area contributed by atoms with Gasteiger partial charge in [-0.3, -0.25) is 4.79 Å². The summed E-state index contributed by atoms with van der Waals surface area (Å²) in [6.07, 6.45) is 0.889. The molecule has 3 nitrogen and oxygen atoms in total. The lowest BCUT2D eigenvalue weighted by atomic mass is 9.95. The minimum atomic E-state index is -0.919. The average Bonchev–Trinajstić information content (AvgIpc) is 2.19. The fraction of sp³-hybridized carbons (Fsp3) is 0.462. The predicted octanol–water partition coefficient (Wildman–Crippen LogP) is 2.78. The van der Waals surface area contributed by atoms with Crippen molar-refractivity contribution in [3.8, 4) is 5.75 Å². The molecule has 0 amide bonds. The Bertz CT molecular complexity index is 383. The molecular formula is C13H18O3. The fourth-order valence-corrected chi connectivity index (χ4v) is 1.68. The summed E-state index contributed by atoms with van der Waals surface area (Å²) in [5.74, 6) is -1.02. The summed E-state index contributed by atoms with van der Waals surface area (Å²) >= 11 is 0. The minimum Gasteiger partial charge on any atom is -0.508 e. The van der Waals surface area contributed by atoms with Gasteiger partial charge in [0, 0.05) is 5.56 Å². The number of phenols is 1. The van der Waals surface area contributed by atoms with E-state index >= 15 is 0 Å². The summed E-state index contributed by atoms with van der Waals surface area (Å²) < 4.78 is 0. The predicted molar refractivity (Wildman–Crippen MR) is 62.7 cm³/mol. The smallest absolute Gasteiger partial charge is 0.310 e. The molecule has 88 valence electrons. The van der Waals surface area contributed by atoms with Crippen molar-refractivity contribution in [1.29, 1.82) is 0 Å². The second-order valence-electron chi connectivity index (χ2n) is 4.55. The molecule has 16 heavy (non-hydrogen) atoms. The molecule has 0 saturated carbocycles. The summed E-state index contributed by atoms with van der Waals surface area (Å²) in [6.45, 7) is 5.79. The Kier molecular flexibility index (Phi) is 3.93. The molecule has 0 aliphatic rings. The van der Waals surface area contributed by atoms with Crippen molar-refractivity contribution < 1.29 is 15.0 Å². The number of aliphatic carboxylic acids is 1. The molecule has 3 heteroatoms. The van der Waals surface area contributed by atoms with Gasteiger partial charge in [0.25, 0.3) is 0 Å². The molecule has 1 rings (SSSR count). The first-order chi connectivity index (χ1) is 7.41. The van der Waals surface area contributed by atoms with Gasteiger partial charge in [-0.2, -0.15) is 0 Å². The van der Waals surface area contributed by atoms with Crippen LogP contribution in [-0.4, -0.2) is 16.2 Å². The van der Waals surface area contributed by atoms with Crippen LogP contribution in [0.2, 0.25) is 0 Å². The van der Waals surface area contributed by atoms with Crippen molar-refractivity contribution in [1.82, 2.24) is 0 Å². The SMILES string of the molecule is CC(C)Cc1ccc(O)c(C(C)C(=O)O)c1. The molecule has 0 saturated heterocycles. The first-order valence-electron chi connectivity index (χ1n) is 5.46. The van der Waals surface area contributed by atoms with E-state index in [1.807, 2.05) is 6.07 Å². The molecule has 0 heterocycles. The van der Waals surface area contributed by atoms with E-state index in [0.717, 1.165) is 12.0 Å². The maximum atomic E-state index is 10.9. The van der Waals surface area contributed by atoms with Crippen molar-refractivity contribution in [3.63, 3.8) is 0 Å². The third-order valence-electron chi connectivity index (χ3n) is 2.57. The molecule has 2 N–H and O–H groups in total. The van der Waals surface area contributed by atoms with E-state index in [0.29, 0.717) is 11.5 Å². The van der Waals surface area contributed by atoms with Crippen molar-refractivity contribution in [2.75, 3.05) is 0 Å². The molecule has 0 bridgehead atoms. The molecule has 1 aromatic carbocycles. The third kappa shape index (κ3) is 2.99. The van der Waals surface area contributed by atoms with Crippen molar-refractivity contribution >= 4 is 5.97 Å². The fourth-order valence-electron chi connectivity index (χ4n) is 1.68. The highest BCUT2D eigenvalue weighted by Crippen LogP contribution is 2.27. The molecule has 0 spiro atoms. The second kappa shape index (κ2) is 5.01. The van der Waals surface area contributed by atoms with Crippen LogP contribution in [0, 0.1) is 5.92 Å². The van der Waals surface area contributed by atoms with Crippen LogP contribution in [0.4, 0.5) is 0 Å². The topological polar surface area (TPSA) is 57.5 Å².